The van der Waals surface area contributed by atoms with Crippen molar-refractivity contribution in [3.8, 4) is 0 Å². The Hall–Kier alpha value is -0.0400. The van der Waals surface area contributed by atoms with Crippen molar-refractivity contribution in [3.05, 3.63) is 0 Å². The van der Waals surface area contributed by atoms with Gasteiger partial charge in [-0.1, -0.05) is 6.92 Å². The first-order valence-corrected chi connectivity index (χ1v) is 2.96. The fourth-order valence-electron chi connectivity index (χ4n) is 0.734. The molecule has 1 unspecified atom stereocenters. The zero-order chi connectivity index (χ0) is 5.28. The van der Waals surface area contributed by atoms with Crippen LogP contribution < -0.4 is 0 Å². The molecule has 0 aromatic rings. The normalized spacial score (nSPS) is 38.6. The Morgan fingerprint density at radius 2 is 2.29 bits per heavy atom. The van der Waals surface area contributed by atoms with Crippen LogP contribution in [-0.2, 0) is 4.74 Å². The second-order valence-electron chi connectivity index (χ2n) is 2.21. The van der Waals surface area contributed by atoms with Crippen LogP contribution in [0.2, 0.25) is 0 Å². The van der Waals surface area contributed by atoms with Gasteiger partial charge in [0.1, 0.15) is 0 Å². The summed E-state index contributed by atoms with van der Waals surface area (Å²) in [6.45, 7) is 5.15. The molecule has 1 aliphatic carbocycles. The van der Waals surface area contributed by atoms with Crippen molar-refractivity contribution in [2.45, 2.75) is 26.4 Å². The molecular weight excluding hydrogens is 88.1 g/mol. The van der Waals surface area contributed by atoms with Gasteiger partial charge in [0, 0.05) is 6.61 Å². The molecule has 1 rings (SSSR count). The Morgan fingerprint density at radius 3 is 2.43 bits per heavy atom. The average Bonchev–Trinajstić information content (AvgIpc) is 2.22. The largest absolute Gasteiger partial charge is 0.378 e. The first-order valence-electron chi connectivity index (χ1n) is 2.96. The van der Waals surface area contributed by atoms with Gasteiger partial charge in [-0.05, 0) is 19.3 Å². The summed E-state index contributed by atoms with van der Waals surface area (Å²) in [7, 11) is 0. The summed E-state index contributed by atoms with van der Waals surface area (Å²) < 4.78 is 5.27. The molecule has 0 heterocycles. The SMILES string of the molecule is CCOC1C[C@@H]1C. The van der Waals surface area contributed by atoms with Gasteiger partial charge in [-0.2, -0.15) is 0 Å². The van der Waals surface area contributed by atoms with Gasteiger partial charge in [0.15, 0.2) is 0 Å². The van der Waals surface area contributed by atoms with Gasteiger partial charge in [-0.3, -0.25) is 0 Å². The summed E-state index contributed by atoms with van der Waals surface area (Å²) >= 11 is 0. The lowest BCUT2D eigenvalue weighted by Crippen LogP contribution is -1.92. The van der Waals surface area contributed by atoms with E-state index in [2.05, 4.69) is 6.92 Å². The highest BCUT2D eigenvalue weighted by Gasteiger charge is 2.32. The van der Waals surface area contributed by atoms with Gasteiger partial charge in [0.25, 0.3) is 0 Å². The molecule has 42 valence electrons. The first-order chi connectivity index (χ1) is 3.34. The Balaban J connectivity index is 1.98. The predicted molar refractivity (Wildman–Crippen MR) is 29.2 cm³/mol. The molecule has 7 heavy (non-hydrogen) atoms. The van der Waals surface area contributed by atoms with Gasteiger partial charge < -0.3 is 4.74 Å². The summed E-state index contributed by atoms with van der Waals surface area (Å²) in [4.78, 5) is 0. The van der Waals surface area contributed by atoms with E-state index in [1.807, 2.05) is 6.92 Å². The second-order valence-corrected chi connectivity index (χ2v) is 2.21. The molecule has 0 amide bonds. The minimum absolute atomic E-state index is 0.616. The third-order valence-electron chi connectivity index (χ3n) is 1.42. The van der Waals surface area contributed by atoms with Crippen molar-refractivity contribution < 1.29 is 4.74 Å². The monoisotopic (exact) mass is 100 g/mol. The van der Waals surface area contributed by atoms with Crippen LogP contribution in [0, 0.1) is 5.92 Å². The third-order valence-corrected chi connectivity index (χ3v) is 1.42. The van der Waals surface area contributed by atoms with Gasteiger partial charge >= 0.3 is 0 Å². The van der Waals surface area contributed by atoms with E-state index < -0.39 is 0 Å². The highest BCUT2D eigenvalue weighted by atomic mass is 16.5. The molecule has 0 aromatic carbocycles. The highest BCUT2D eigenvalue weighted by molar-refractivity contribution is 4.82. The molecule has 0 aliphatic heterocycles. The molecule has 1 aliphatic rings. The Bertz CT molecular complexity index is 61.2. The van der Waals surface area contributed by atoms with Crippen LogP contribution in [0.1, 0.15) is 20.3 Å². The predicted octanol–water partition coefficient (Wildman–Crippen LogP) is 1.43. The average molecular weight is 100 g/mol. The van der Waals surface area contributed by atoms with Gasteiger partial charge in [-0.25, -0.2) is 0 Å². The van der Waals surface area contributed by atoms with E-state index >= 15 is 0 Å². The maximum Gasteiger partial charge on any atom is 0.0604 e. The summed E-state index contributed by atoms with van der Waals surface area (Å²) in [5.74, 6) is 0.847. The third kappa shape index (κ3) is 1.16. The molecule has 1 saturated carbocycles. The summed E-state index contributed by atoms with van der Waals surface area (Å²) in [6.07, 6.45) is 1.90. The molecule has 0 radical (unpaired) electrons. The standard InChI is InChI=1S/C6H12O/c1-3-7-6-4-5(6)2/h5-6H,3-4H2,1-2H3/t5-,6?/m0/s1. The lowest BCUT2D eigenvalue weighted by molar-refractivity contribution is 0.123. The molecule has 1 heteroatoms. The smallest absolute Gasteiger partial charge is 0.0604 e. The Kier molecular flexibility index (Phi) is 1.33. The van der Waals surface area contributed by atoms with E-state index in [-0.39, 0.29) is 0 Å². The summed E-state index contributed by atoms with van der Waals surface area (Å²) in [5.41, 5.74) is 0. The topological polar surface area (TPSA) is 9.23 Å². The highest BCUT2D eigenvalue weighted by Crippen LogP contribution is 2.32. The number of hydrogen-bond donors (Lipinski definition) is 0. The zero-order valence-electron chi connectivity index (χ0n) is 4.98. The van der Waals surface area contributed by atoms with E-state index in [1.165, 1.54) is 6.42 Å². The number of rotatable bonds is 2. The van der Waals surface area contributed by atoms with Crippen LogP contribution in [0.3, 0.4) is 0 Å². The van der Waals surface area contributed by atoms with E-state index in [4.69, 9.17) is 4.74 Å². The molecule has 0 saturated heterocycles. The molecule has 0 spiro atoms. The van der Waals surface area contributed by atoms with Gasteiger partial charge in [-0.15, -0.1) is 0 Å². The summed E-state index contributed by atoms with van der Waals surface area (Å²) in [5, 5.41) is 0. The van der Waals surface area contributed by atoms with Gasteiger partial charge in [0.05, 0.1) is 6.10 Å². The quantitative estimate of drug-likeness (QED) is 0.510. The van der Waals surface area contributed by atoms with Crippen LogP contribution in [0.5, 0.6) is 0 Å². The van der Waals surface area contributed by atoms with Gasteiger partial charge in [0.2, 0.25) is 0 Å². The minimum Gasteiger partial charge on any atom is -0.378 e. The summed E-state index contributed by atoms with van der Waals surface area (Å²) in [6, 6.07) is 0. The lowest BCUT2D eigenvalue weighted by Gasteiger charge is -1.92. The number of ether oxygens (including phenoxy) is 1. The van der Waals surface area contributed by atoms with Crippen LogP contribution in [0.15, 0.2) is 0 Å². The maximum absolute atomic E-state index is 5.27. The molecular formula is C6H12O. The van der Waals surface area contributed by atoms with Crippen LogP contribution in [0.4, 0.5) is 0 Å². The molecule has 2 atom stereocenters. The van der Waals surface area contributed by atoms with E-state index in [9.17, 15) is 0 Å². The molecule has 1 nitrogen and oxygen atoms in total. The van der Waals surface area contributed by atoms with Crippen molar-refractivity contribution in [2.24, 2.45) is 5.92 Å². The van der Waals surface area contributed by atoms with Crippen LogP contribution in [-0.4, -0.2) is 12.7 Å². The zero-order valence-corrected chi connectivity index (χ0v) is 4.98. The lowest BCUT2D eigenvalue weighted by atomic mass is 10.5. The Morgan fingerprint density at radius 1 is 1.71 bits per heavy atom. The maximum atomic E-state index is 5.27. The van der Waals surface area contributed by atoms with E-state index in [0.29, 0.717) is 6.10 Å². The van der Waals surface area contributed by atoms with Crippen molar-refractivity contribution in [3.63, 3.8) is 0 Å². The molecule has 0 aromatic heterocycles. The van der Waals surface area contributed by atoms with Crippen molar-refractivity contribution in [1.82, 2.24) is 0 Å². The van der Waals surface area contributed by atoms with Crippen LogP contribution in [0.25, 0.3) is 0 Å². The Labute approximate surface area is 44.7 Å². The minimum atomic E-state index is 0.616. The second kappa shape index (κ2) is 1.83. The van der Waals surface area contributed by atoms with E-state index in [1.54, 1.807) is 0 Å². The van der Waals surface area contributed by atoms with Crippen LogP contribution >= 0.6 is 0 Å². The van der Waals surface area contributed by atoms with Crippen molar-refractivity contribution in [1.29, 1.82) is 0 Å². The molecule has 0 bridgehead atoms. The van der Waals surface area contributed by atoms with Crippen molar-refractivity contribution in [2.75, 3.05) is 6.61 Å². The molecule has 0 N–H and O–H groups in total. The number of hydrogen-bond acceptors (Lipinski definition) is 1. The fraction of sp³-hybridized carbons (Fsp3) is 1.00. The van der Waals surface area contributed by atoms with Crippen molar-refractivity contribution >= 4 is 0 Å². The van der Waals surface area contributed by atoms with E-state index in [0.717, 1.165) is 12.5 Å². The molecule has 1 fully saturated rings. The fourth-order valence-corrected chi connectivity index (χ4v) is 0.734. The first kappa shape index (κ1) is 5.10.